The first-order valence-corrected chi connectivity index (χ1v) is 9.10. The lowest BCUT2D eigenvalue weighted by Crippen LogP contribution is -2.42. The van der Waals surface area contributed by atoms with Gasteiger partial charge in [-0.25, -0.2) is 4.98 Å². The summed E-state index contributed by atoms with van der Waals surface area (Å²) in [6.07, 6.45) is 4.46. The van der Waals surface area contributed by atoms with E-state index in [1.807, 2.05) is 34.6 Å². The Kier molecular flexibility index (Phi) is 4.22. The zero-order valence-corrected chi connectivity index (χ0v) is 15.1. The van der Waals surface area contributed by atoms with E-state index in [9.17, 15) is 9.59 Å². The Morgan fingerprint density at radius 1 is 1.27 bits per heavy atom. The highest BCUT2D eigenvalue weighted by Gasteiger charge is 2.44. The van der Waals surface area contributed by atoms with Crippen LogP contribution in [-0.2, 0) is 17.9 Å². The summed E-state index contributed by atoms with van der Waals surface area (Å²) in [6.45, 7) is 5.80. The van der Waals surface area contributed by atoms with Gasteiger partial charge in [-0.3, -0.25) is 14.6 Å². The van der Waals surface area contributed by atoms with Gasteiger partial charge < -0.3 is 14.8 Å². The molecule has 1 aliphatic heterocycles. The first-order chi connectivity index (χ1) is 12.5. The van der Waals surface area contributed by atoms with Gasteiger partial charge in [0.05, 0.1) is 18.3 Å². The third-order valence-corrected chi connectivity index (χ3v) is 5.33. The summed E-state index contributed by atoms with van der Waals surface area (Å²) < 4.78 is 1.99. The molecule has 3 atom stereocenters. The monoisotopic (exact) mass is 353 g/mol. The van der Waals surface area contributed by atoms with Crippen molar-refractivity contribution in [2.45, 2.75) is 39.4 Å². The van der Waals surface area contributed by atoms with Crippen molar-refractivity contribution in [3.63, 3.8) is 0 Å². The van der Waals surface area contributed by atoms with Crippen LogP contribution < -0.4 is 5.32 Å². The highest BCUT2D eigenvalue weighted by Crippen LogP contribution is 2.41. The van der Waals surface area contributed by atoms with Gasteiger partial charge in [-0.05, 0) is 31.4 Å². The van der Waals surface area contributed by atoms with Crippen molar-refractivity contribution in [1.82, 2.24) is 24.8 Å². The average molecular weight is 353 g/mol. The lowest BCUT2D eigenvalue weighted by Gasteiger charge is -2.34. The molecule has 136 valence electrons. The molecule has 0 aromatic carbocycles. The summed E-state index contributed by atoms with van der Waals surface area (Å²) in [7, 11) is 0. The fourth-order valence-electron chi connectivity index (χ4n) is 3.54. The lowest BCUT2D eigenvalue weighted by atomic mass is 10.1. The van der Waals surface area contributed by atoms with E-state index in [0.29, 0.717) is 31.2 Å². The van der Waals surface area contributed by atoms with Crippen LogP contribution in [0.15, 0.2) is 30.6 Å². The zero-order valence-electron chi connectivity index (χ0n) is 15.1. The van der Waals surface area contributed by atoms with Gasteiger partial charge in [0.15, 0.2) is 0 Å². The molecule has 1 N–H and O–H groups in total. The molecule has 2 aromatic rings. The van der Waals surface area contributed by atoms with Crippen molar-refractivity contribution < 1.29 is 9.59 Å². The van der Waals surface area contributed by atoms with Gasteiger partial charge in [-0.15, -0.1) is 0 Å². The van der Waals surface area contributed by atoms with Crippen molar-refractivity contribution in [3.05, 3.63) is 47.8 Å². The molecule has 7 nitrogen and oxygen atoms in total. The Morgan fingerprint density at radius 3 is 2.77 bits per heavy atom. The van der Waals surface area contributed by atoms with E-state index >= 15 is 0 Å². The van der Waals surface area contributed by atoms with E-state index < -0.39 is 0 Å². The number of amides is 2. The normalized spacial score (nSPS) is 24.1. The van der Waals surface area contributed by atoms with Gasteiger partial charge in [-0.2, -0.15) is 0 Å². The van der Waals surface area contributed by atoms with E-state index in [0.717, 1.165) is 17.9 Å². The lowest BCUT2D eigenvalue weighted by molar-refractivity contribution is -0.136. The molecule has 0 spiro atoms. The third-order valence-electron chi connectivity index (χ3n) is 5.33. The van der Waals surface area contributed by atoms with Crippen LogP contribution in [0.2, 0.25) is 0 Å². The van der Waals surface area contributed by atoms with E-state index in [2.05, 4.69) is 22.2 Å². The fourth-order valence-corrected chi connectivity index (χ4v) is 3.54. The quantitative estimate of drug-likeness (QED) is 0.908. The van der Waals surface area contributed by atoms with E-state index in [1.165, 1.54) is 0 Å². The molecular formula is C19H23N5O2. The Balaban J connectivity index is 1.45. The summed E-state index contributed by atoms with van der Waals surface area (Å²) in [5, 5.41) is 2.85. The second-order valence-electron chi connectivity index (χ2n) is 7.21. The maximum absolute atomic E-state index is 12.6. The molecule has 7 heteroatoms. The minimum Gasteiger partial charge on any atom is -0.345 e. The van der Waals surface area contributed by atoms with Crippen LogP contribution in [0.4, 0.5) is 0 Å². The highest BCUT2D eigenvalue weighted by molar-refractivity contribution is 5.92. The molecule has 26 heavy (non-hydrogen) atoms. The van der Waals surface area contributed by atoms with Gasteiger partial charge in [0, 0.05) is 31.4 Å². The maximum atomic E-state index is 12.6. The number of nitrogens with one attached hydrogen (secondary N) is 1. The van der Waals surface area contributed by atoms with Gasteiger partial charge >= 0.3 is 0 Å². The molecule has 3 heterocycles. The molecule has 2 aromatic heterocycles. The van der Waals surface area contributed by atoms with E-state index in [-0.39, 0.29) is 23.8 Å². The number of pyridine rings is 1. The van der Waals surface area contributed by atoms with Crippen LogP contribution in [0.3, 0.4) is 0 Å². The molecule has 0 bridgehead atoms. The third kappa shape index (κ3) is 3.09. The molecule has 0 saturated heterocycles. The summed E-state index contributed by atoms with van der Waals surface area (Å²) in [6, 6.07) is 5.48. The van der Waals surface area contributed by atoms with Crippen molar-refractivity contribution in [2.75, 3.05) is 6.54 Å². The zero-order chi connectivity index (χ0) is 18.3. The first kappa shape index (κ1) is 16.8. The van der Waals surface area contributed by atoms with E-state index in [4.69, 9.17) is 0 Å². The molecular weight excluding hydrogens is 330 g/mol. The Labute approximate surface area is 152 Å². The van der Waals surface area contributed by atoms with Crippen molar-refractivity contribution >= 4 is 11.8 Å². The van der Waals surface area contributed by atoms with Gasteiger partial charge in [0.1, 0.15) is 11.5 Å². The average Bonchev–Trinajstić information content (AvgIpc) is 3.21. The highest BCUT2D eigenvalue weighted by atomic mass is 16.2. The molecule has 1 aliphatic carbocycles. The number of carbonyl (C=O) groups is 2. The van der Waals surface area contributed by atoms with Crippen LogP contribution in [0.25, 0.3) is 0 Å². The predicted molar refractivity (Wildman–Crippen MR) is 95.0 cm³/mol. The van der Waals surface area contributed by atoms with E-state index in [1.54, 1.807) is 12.4 Å². The number of hydrogen-bond acceptors (Lipinski definition) is 4. The minimum absolute atomic E-state index is 0.110. The number of hydrogen-bond donors (Lipinski definition) is 1. The number of carbonyl (C=O) groups excluding carboxylic acids is 2. The van der Waals surface area contributed by atoms with Gasteiger partial charge in [0.2, 0.25) is 5.91 Å². The van der Waals surface area contributed by atoms with Crippen molar-refractivity contribution in [1.29, 1.82) is 0 Å². The fraction of sp³-hybridized carbons (Fsp3) is 0.474. The largest absolute Gasteiger partial charge is 0.345 e. The number of imidazole rings is 1. The number of aromatic nitrogens is 3. The van der Waals surface area contributed by atoms with Crippen LogP contribution in [-0.4, -0.2) is 37.8 Å². The summed E-state index contributed by atoms with van der Waals surface area (Å²) in [5.74, 6) is 1.43. The Morgan fingerprint density at radius 2 is 2.08 bits per heavy atom. The molecule has 1 fully saturated rings. The number of fused-ring (bicyclic) bond motifs is 1. The standard InChI is InChI=1S/C19H23N5O2/c1-12-9-15(12)19(26)24-8-7-23-11-16(22-17(23)13(24)2)18(25)21-10-14-5-3-4-6-20-14/h3-6,11-13,15H,7-10H2,1-2H3,(H,21,25)/t12-,13-,15-/m1/s1. The molecule has 2 aliphatic rings. The Bertz CT molecular complexity index is 832. The van der Waals surface area contributed by atoms with Crippen LogP contribution in [0.1, 0.15) is 48.3 Å². The van der Waals surface area contributed by atoms with Crippen LogP contribution in [0.5, 0.6) is 0 Å². The van der Waals surface area contributed by atoms with Gasteiger partial charge in [-0.1, -0.05) is 13.0 Å². The molecule has 4 rings (SSSR count). The topological polar surface area (TPSA) is 80.1 Å². The van der Waals surface area contributed by atoms with Crippen molar-refractivity contribution in [3.8, 4) is 0 Å². The van der Waals surface area contributed by atoms with Crippen molar-refractivity contribution in [2.24, 2.45) is 11.8 Å². The minimum atomic E-state index is -0.224. The summed E-state index contributed by atoms with van der Waals surface area (Å²) >= 11 is 0. The second-order valence-corrected chi connectivity index (χ2v) is 7.21. The number of nitrogens with zero attached hydrogens (tertiary/aromatic N) is 4. The maximum Gasteiger partial charge on any atom is 0.271 e. The number of rotatable bonds is 4. The molecule has 1 saturated carbocycles. The SMILES string of the molecule is C[C@@H]1C[C@H]1C(=O)N1CCn2cc(C(=O)NCc3ccccn3)nc2[C@H]1C. The summed E-state index contributed by atoms with van der Waals surface area (Å²) in [5.41, 5.74) is 1.19. The van der Waals surface area contributed by atoms with Crippen LogP contribution in [0, 0.1) is 11.8 Å². The predicted octanol–water partition coefficient (Wildman–Crippen LogP) is 1.77. The van der Waals surface area contributed by atoms with Crippen LogP contribution >= 0.6 is 0 Å². The Hall–Kier alpha value is -2.70. The summed E-state index contributed by atoms with van der Waals surface area (Å²) in [4.78, 5) is 35.6. The molecule has 0 unspecified atom stereocenters. The molecule has 0 radical (unpaired) electrons. The first-order valence-electron chi connectivity index (χ1n) is 9.10. The van der Waals surface area contributed by atoms with Gasteiger partial charge in [0.25, 0.3) is 5.91 Å². The second kappa shape index (κ2) is 6.55. The smallest absolute Gasteiger partial charge is 0.271 e. The molecule has 2 amide bonds.